The van der Waals surface area contributed by atoms with Gasteiger partial charge in [-0.25, -0.2) is 18.2 Å². The summed E-state index contributed by atoms with van der Waals surface area (Å²) in [4.78, 5) is 46.9. The minimum atomic E-state index is -5.27. The van der Waals surface area contributed by atoms with E-state index in [0.717, 1.165) is 48.4 Å². The van der Waals surface area contributed by atoms with Crippen molar-refractivity contribution in [3.8, 4) is 16.9 Å². The molecule has 0 aliphatic carbocycles. The smallest absolute Gasteiger partial charge is 0.351 e. The Labute approximate surface area is 285 Å². The number of rotatable bonds is 18. The van der Waals surface area contributed by atoms with Crippen LogP contribution in [0.5, 0.6) is 5.75 Å². The van der Waals surface area contributed by atoms with Crippen LogP contribution in [0.3, 0.4) is 0 Å². The van der Waals surface area contributed by atoms with Crippen molar-refractivity contribution in [2.75, 3.05) is 25.4 Å². The molecule has 2 amide bonds. The summed E-state index contributed by atoms with van der Waals surface area (Å²) >= 11 is 0.952. The van der Waals surface area contributed by atoms with Gasteiger partial charge in [-0.1, -0.05) is 17.3 Å². The summed E-state index contributed by atoms with van der Waals surface area (Å²) in [5, 5.41) is 17.6. The normalized spacial score (nSPS) is 16.6. The molecule has 266 valence electrons. The lowest BCUT2D eigenvalue weighted by Gasteiger charge is -2.51. The maximum atomic E-state index is 13.2. The highest BCUT2D eigenvalue weighted by molar-refractivity contribution is 7.80. The van der Waals surface area contributed by atoms with Crippen LogP contribution in [0.2, 0.25) is 0 Å². The number of ether oxygens (including phenoxy) is 1. The molecule has 8 N–H and O–H groups in total. The lowest BCUT2D eigenvalue weighted by atomic mass is 9.84. The number of benzene rings is 1. The van der Waals surface area contributed by atoms with Gasteiger partial charge in [0.15, 0.2) is 17.4 Å². The van der Waals surface area contributed by atoms with Gasteiger partial charge in [0.05, 0.1) is 23.8 Å². The average Bonchev–Trinajstić information content (AvgIpc) is 3.67. The molecule has 19 nitrogen and oxygen atoms in total. The molecule has 1 unspecified atom stereocenters. The third-order valence-electron chi connectivity index (χ3n) is 7.32. The minimum Gasteiger partial charge on any atom is -0.724 e. The quantitative estimate of drug-likeness (QED) is 0.0261. The predicted octanol–water partition coefficient (Wildman–Crippen LogP) is -1.07. The van der Waals surface area contributed by atoms with E-state index >= 15 is 0 Å². The van der Waals surface area contributed by atoms with Crippen LogP contribution in [0, 0.1) is 0 Å². The number of aryl methyl sites for hydroxylation is 2. The van der Waals surface area contributed by atoms with E-state index in [9.17, 15) is 32.5 Å². The molecule has 0 radical (unpaired) electrons. The van der Waals surface area contributed by atoms with Crippen LogP contribution >= 0.6 is 11.3 Å². The first-order valence-corrected chi connectivity index (χ1v) is 17.1. The lowest BCUT2D eigenvalue weighted by Crippen LogP contribution is -2.76. The Balaban J connectivity index is 1.45. The zero-order valence-electron chi connectivity index (χ0n) is 26.6. The number of aromatic nitrogens is 3. The van der Waals surface area contributed by atoms with Gasteiger partial charge in [0.25, 0.3) is 17.9 Å². The van der Waals surface area contributed by atoms with Crippen LogP contribution in [-0.2, 0) is 47.0 Å². The van der Waals surface area contributed by atoms with Crippen LogP contribution < -0.4 is 31.9 Å². The number of carbonyl (C=O) groups excluding carboxylic acids is 2. The number of nitrogen functional groups attached to an aromatic ring is 1. The number of nitrogens with two attached hydrogens (primary N) is 3. The summed E-state index contributed by atoms with van der Waals surface area (Å²) in [6.07, 6.45) is 3.97. The molecule has 3 heterocycles. The molecule has 0 bridgehead atoms. The van der Waals surface area contributed by atoms with Crippen molar-refractivity contribution in [2.24, 2.45) is 16.6 Å². The van der Waals surface area contributed by atoms with Crippen molar-refractivity contribution in [1.82, 2.24) is 20.0 Å². The second kappa shape index (κ2) is 15.7. The molecule has 21 heteroatoms. The van der Waals surface area contributed by atoms with Gasteiger partial charge in [-0.3, -0.25) is 9.59 Å². The number of thiazole rings is 1. The third-order valence-corrected chi connectivity index (χ3v) is 8.33. The molecular weight excluding hydrogens is 686 g/mol. The summed E-state index contributed by atoms with van der Waals surface area (Å²) < 4.78 is 47.0. The number of anilines is 1. The second-order valence-electron chi connectivity index (χ2n) is 11.3. The third kappa shape index (κ3) is 9.28. The van der Waals surface area contributed by atoms with E-state index in [1.807, 2.05) is 24.5 Å². The van der Waals surface area contributed by atoms with E-state index in [2.05, 4.69) is 29.1 Å². The second-order valence-corrected chi connectivity index (χ2v) is 13.1. The lowest BCUT2D eigenvalue weighted by molar-refractivity contribution is -0.775. The summed E-state index contributed by atoms with van der Waals surface area (Å²) in [7, 11) is -5.27. The molecule has 2 aromatic heterocycles. The number of carboxylic acid groups (broad SMARTS) is 1. The minimum absolute atomic E-state index is 0.0508. The summed E-state index contributed by atoms with van der Waals surface area (Å²) in [6.45, 7) is 4.78. The van der Waals surface area contributed by atoms with Gasteiger partial charge < -0.3 is 41.8 Å². The number of β-lactam (4-membered cyclic amide) rings is 1. The number of nitrogens with one attached hydrogen (secondary N) is 1. The van der Waals surface area contributed by atoms with Crippen molar-refractivity contribution < 1.29 is 51.0 Å². The van der Waals surface area contributed by atoms with Crippen LogP contribution in [0.25, 0.3) is 11.1 Å². The van der Waals surface area contributed by atoms with Gasteiger partial charge in [0, 0.05) is 11.8 Å². The predicted molar refractivity (Wildman–Crippen MR) is 172 cm³/mol. The van der Waals surface area contributed by atoms with E-state index in [-0.39, 0.29) is 10.8 Å². The molecule has 1 saturated heterocycles. The first kappa shape index (κ1) is 37.2. The van der Waals surface area contributed by atoms with Gasteiger partial charge in [-0.2, -0.15) is 14.0 Å². The highest BCUT2D eigenvalue weighted by atomic mass is 32.3. The van der Waals surface area contributed by atoms with Crippen molar-refractivity contribution in [3.05, 3.63) is 47.7 Å². The van der Waals surface area contributed by atoms with Gasteiger partial charge in [0.1, 0.15) is 24.1 Å². The number of aliphatic carboxylic acids is 1. The van der Waals surface area contributed by atoms with E-state index in [4.69, 9.17) is 26.8 Å². The van der Waals surface area contributed by atoms with Gasteiger partial charge in [-0.15, -0.1) is 16.0 Å². The molecule has 0 spiro atoms. The Morgan fingerprint density at radius 2 is 1.90 bits per heavy atom. The number of carbonyl (C=O) groups is 3. The highest BCUT2D eigenvalue weighted by Gasteiger charge is 2.57. The van der Waals surface area contributed by atoms with Crippen molar-refractivity contribution in [1.29, 1.82) is 0 Å². The molecule has 0 saturated carbocycles. The number of carboxylic acids is 1. The fourth-order valence-electron chi connectivity index (χ4n) is 4.74. The van der Waals surface area contributed by atoms with E-state index in [0.29, 0.717) is 23.9 Å². The highest BCUT2D eigenvalue weighted by Crippen LogP contribution is 2.33. The monoisotopic (exact) mass is 723 g/mol. The number of hydrogen-bond donors (Lipinski definition) is 5. The molecule has 1 fully saturated rings. The van der Waals surface area contributed by atoms with E-state index in [1.54, 1.807) is 12.1 Å². The number of oxime groups is 1. The Kier molecular flexibility index (Phi) is 11.9. The Hall–Kier alpha value is -4.67. The van der Waals surface area contributed by atoms with Crippen LogP contribution in [-0.4, -0.2) is 93.7 Å². The first-order chi connectivity index (χ1) is 23.1. The number of hydroxylamine groups is 2. The SMILES string of the molecule is CC1(C)[C@H](NC(=O)/C(=N\OC(COc2ccc(-c3cn(CCCN)[n+](CCCN)c3)cc2)C(=O)O)c2csc(N)n2)C(=O)N1OS(=O)(=O)[O-]. The van der Waals surface area contributed by atoms with Crippen LogP contribution in [0.1, 0.15) is 32.4 Å². The molecule has 1 aliphatic rings. The fraction of sp³-hybridized carbons (Fsp3) is 0.429. The van der Waals surface area contributed by atoms with E-state index in [1.165, 1.54) is 19.2 Å². The number of amides is 2. The topological polar surface area (TPSA) is 284 Å². The Morgan fingerprint density at radius 1 is 1.20 bits per heavy atom. The fourth-order valence-corrected chi connectivity index (χ4v) is 5.74. The Bertz CT molecular complexity index is 1770. The van der Waals surface area contributed by atoms with Gasteiger partial charge in [0.2, 0.25) is 16.6 Å². The van der Waals surface area contributed by atoms with Gasteiger partial charge >= 0.3 is 5.97 Å². The van der Waals surface area contributed by atoms with E-state index < -0.39 is 58.2 Å². The Morgan fingerprint density at radius 3 is 2.47 bits per heavy atom. The molecule has 2 atom stereocenters. The zero-order valence-corrected chi connectivity index (χ0v) is 28.2. The molecular formula is C28H37N9O10S2. The average molecular weight is 724 g/mol. The molecule has 49 heavy (non-hydrogen) atoms. The van der Waals surface area contributed by atoms with Gasteiger partial charge in [-0.05, 0) is 51.1 Å². The molecule has 1 aromatic carbocycles. The van der Waals surface area contributed by atoms with Crippen molar-refractivity contribution >= 4 is 50.4 Å². The molecule has 3 aromatic rings. The van der Waals surface area contributed by atoms with Crippen molar-refractivity contribution in [3.63, 3.8) is 0 Å². The number of hydrogen-bond acceptors (Lipinski definition) is 15. The molecule has 1 aliphatic heterocycles. The van der Waals surface area contributed by atoms with Crippen LogP contribution in [0.15, 0.2) is 47.2 Å². The zero-order chi connectivity index (χ0) is 35.9. The number of nitrogens with zero attached hydrogens (tertiary/aromatic N) is 5. The maximum Gasteiger partial charge on any atom is 0.351 e. The largest absolute Gasteiger partial charge is 0.724 e. The summed E-state index contributed by atoms with van der Waals surface area (Å²) in [6, 6.07) is 5.61. The van der Waals surface area contributed by atoms with Crippen molar-refractivity contribution in [2.45, 2.75) is 57.5 Å². The maximum absolute atomic E-state index is 13.2. The van der Waals surface area contributed by atoms with Crippen LogP contribution in [0.4, 0.5) is 5.13 Å². The first-order valence-electron chi connectivity index (χ1n) is 14.9. The molecule has 4 rings (SSSR count). The summed E-state index contributed by atoms with van der Waals surface area (Å²) in [5.41, 5.74) is 16.8. The standard InChI is InChI=1S/C28H37N9O10S2/c1-28(2)23(25(39)37(28)47-49(42,43)44)33-24(38)22(20-16-48-27(31)32-20)34-46-21(26(40)41)15-45-19-7-5-17(6-8-19)18-13-35(11-3-9-29)36(14-18)12-4-10-30/h5-8,13-14,16,21,23H,3-4,9-12,15,29-30H2,1-2H3,(H4-,31,32,33,38,40,41,42,43,44)/b34-22-/t21?,23-/m1/s1. The summed E-state index contributed by atoms with van der Waals surface area (Å²) in [5.74, 6) is -3.19.